The van der Waals surface area contributed by atoms with Crippen LogP contribution in [0.1, 0.15) is 22.0 Å². The van der Waals surface area contributed by atoms with E-state index in [0.29, 0.717) is 0 Å². The molecule has 1 amide bonds. The molecule has 0 spiro atoms. The van der Waals surface area contributed by atoms with E-state index in [1.807, 2.05) is 24.3 Å². The molecule has 1 aromatic rings. The number of carbonyl (C=O) groups excluding carboxylic acids is 1. The highest BCUT2D eigenvalue weighted by molar-refractivity contribution is 5.99. The number of nitrogens with one attached hydrogen (secondary N) is 1. The summed E-state index contributed by atoms with van der Waals surface area (Å²) < 4.78 is 0. The van der Waals surface area contributed by atoms with Crippen LogP contribution < -0.4 is 5.32 Å². The highest BCUT2D eigenvalue weighted by Crippen LogP contribution is 2.23. The van der Waals surface area contributed by atoms with Gasteiger partial charge in [-0.15, -0.1) is 0 Å². The number of rotatable bonds is 0. The molecule has 1 aliphatic rings. The first-order valence-corrected chi connectivity index (χ1v) is 3.52. The number of hydrogen-bond acceptors (Lipinski definition) is 1. The van der Waals surface area contributed by atoms with Crippen LogP contribution in [0.4, 0.5) is 0 Å². The van der Waals surface area contributed by atoms with E-state index in [1.165, 1.54) is 0 Å². The maximum absolute atomic E-state index is 11.1. The van der Waals surface area contributed by atoms with Gasteiger partial charge in [0.25, 0.3) is 5.91 Å². The molecule has 1 heterocycles. The molecule has 2 rings (SSSR count). The maximum atomic E-state index is 11.1. The van der Waals surface area contributed by atoms with Crippen LogP contribution in [-0.4, -0.2) is 5.91 Å². The number of benzene rings is 1. The van der Waals surface area contributed by atoms with Crippen molar-refractivity contribution in [2.75, 3.05) is 0 Å². The molecule has 1 N–H and O–H groups in total. The van der Waals surface area contributed by atoms with Gasteiger partial charge in [0.15, 0.2) is 0 Å². The van der Waals surface area contributed by atoms with Gasteiger partial charge in [-0.25, -0.2) is 0 Å². The second kappa shape index (κ2) is 2.09. The minimum Gasteiger partial charge on any atom is -0.345 e. The van der Waals surface area contributed by atoms with E-state index in [-0.39, 0.29) is 11.9 Å². The van der Waals surface area contributed by atoms with Crippen molar-refractivity contribution in [1.29, 1.82) is 0 Å². The van der Waals surface area contributed by atoms with Gasteiger partial charge in [-0.05, 0) is 18.6 Å². The zero-order valence-corrected chi connectivity index (χ0v) is 6.00. The molecule has 2 heteroatoms. The summed E-state index contributed by atoms with van der Waals surface area (Å²) in [4.78, 5) is 11.1. The van der Waals surface area contributed by atoms with E-state index < -0.39 is 0 Å². The Morgan fingerprint density at radius 3 is 2.82 bits per heavy atom. The molecule has 0 bridgehead atoms. The summed E-state index contributed by atoms with van der Waals surface area (Å²) in [5, 5.41) is 2.73. The van der Waals surface area contributed by atoms with Gasteiger partial charge in [-0.1, -0.05) is 18.2 Å². The summed E-state index contributed by atoms with van der Waals surface area (Å²) in [5.74, 6) is -0.0133. The second-order valence-electron chi connectivity index (χ2n) is 2.61. The van der Waals surface area contributed by atoms with E-state index in [2.05, 4.69) is 12.2 Å². The number of hydrogen-bond donors (Lipinski definition) is 1. The minimum absolute atomic E-state index is 0.0133. The molecule has 0 aliphatic carbocycles. The normalized spacial score (nSPS) is 21.2. The van der Waals surface area contributed by atoms with Crippen LogP contribution in [0.3, 0.4) is 0 Å². The Kier molecular flexibility index (Phi) is 1.22. The Labute approximate surface area is 65.2 Å². The maximum Gasteiger partial charge on any atom is 0.252 e. The lowest BCUT2D eigenvalue weighted by molar-refractivity contribution is 0.0961. The zero-order valence-electron chi connectivity index (χ0n) is 6.00. The van der Waals surface area contributed by atoms with Crippen LogP contribution in [0, 0.1) is 6.92 Å². The predicted octanol–water partition coefficient (Wildman–Crippen LogP) is 1.31. The largest absolute Gasteiger partial charge is 0.345 e. The predicted molar refractivity (Wildman–Crippen MR) is 42.0 cm³/mol. The molecule has 1 radical (unpaired) electrons. The fraction of sp³-hybridized carbons (Fsp3) is 0.111. The monoisotopic (exact) mass is 146 g/mol. The molecule has 0 fully saturated rings. The Morgan fingerprint density at radius 2 is 2.09 bits per heavy atom. The van der Waals surface area contributed by atoms with Gasteiger partial charge in [0.1, 0.15) is 0 Å². The van der Waals surface area contributed by atoms with Crippen LogP contribution in [0.15, 0.2) is 24.3 Å². The van der Waals surface area contributed by atoms with Crippen LogP contribution in [0.2, 0.25) is 0 Å². The lowest BCUT2D eigenvalue weighted by Gasteiger charge is -2.00. The van der Waals surface area contributed by atoms with Crippen LogP contribution >= 0.6 is 0 Å². The summed E-state index contributed by atoms with van der Waals surface area (Å²) in [5.41, 5.74) is 1.75. The van der Waals surface area contributed by atoms with Gasteiger partial charge >= 0.3 is 0 Å². The molecule has 2 nitrogen and oxygen atoms in total. The standard InChI is InChI=1S/C9H8NO/c1-6-7-4-2-3-5-8(7)9(11)10-6/h2-6H,1H2,(H,10,11). The van der Waals surface area contributed by atoms with E-state index in [9.17, 15) is 4.79 Å². The molecule has 1 aromatic carbocycles. The van der Waals surface area contributed by atoms with Gasteiger partial charge in [0.2, 0.25) is 0 Å². The van der Waals surface area contributed by atoms with Gasteiger partial charge in [0, 0.05) is 5.56 Å². The summed E-state index contributed by atoms with van der Waals surface area (Å²) in [7, 11) is 0. The summed E-state index contributed by atoms with van der Waals surface area (Å²) in [6.07, 6.45) is 0. The average Bonchev–Trinajstić information content (AvgIpc) is 2.30. The second-order valence-corrected chi connectivity index (χ2v) is 2.61. The van der Waals surface area contributed by atoms with Crippen molar-refractivity contribution in [3.05, 3.63) is 42.3 Å². The van der Waals surface area contributed by atoms with Crippen molar-refractivity contribution in [2.24, 2.45) is 0 Å². The molecule has 1 unspecified atom stereocenters. The molecule has 1 aliphatic heterocycles. The first kappa shape index (κ1) is 6.40. The van der Waals surface area contributed by atoms with Crippen molar-refractivity contribution in [1.82, 2.24) is 5.32 Å². The van der Waals surface area contributed by atoms with Gasteiger partial charge < -0.3 is 5.32 Å². The summed E-state index contributed by atoms with van der Waals surface area (Å²) in [6.45, 7) is 3.80. The molecular weight excluding hydrogens is 138 g/mol. The SMILES string of the molecule is [CH2]C1NC(=O)c2ccccc21. The third-order valence-electron chi connectivity index (χ3n) is 1.89. The number of amides is 1. The van der Waals surface area contributed by atoms with E-state index in [4.69, 9.17) is 0 Å². The fourth-order valence-corrected chi connectivity index (χ4v) is 1.32. The average molecular weight is 146 g/mol. The van der Waals surface area contributed by atoms with Gasteiger partial charge in [-0.3, -0.25) is 4.79 Å². The molecular formula is C9H8NO. The third-order valence-corrected chi connectivity index (χ3v) is 1.89. The van der Waals surface area contributed by atoms with Crippen LogP contribution in [-0.2, 0) is 0 Å². The van der Waals surface area contributed by atoms with Crippen molar-refractivity contribution in [3.8, 4) is 0 Å². The molecule has 1 atom stereocenters. The Bertz CT molecular complexity index is 306. The molecule has 0 saturated carbocycles. The Balaban J connectivity index is 2.60. The smallest absolute Gasteiger partial charge is 0.252 e. The van der Waals surface area contributed by atoms with Crippen molar-refractivity contribution in [2.45, 2.75) is 6.04 Å². The highest BCUT2D eigenvalue weighted by atomic mass is 16.2. The summed E-state index contributed by atoms with van der Waals surface area (Å²) in [6, 6.07) is 7.44. The lowest BCUT2D eigenvalue weighted by atomic mass is 10.1. The van der Waals surface area contributed by atoms with Crippen LogP contribution in [0.25, 0.3) is 0 Å². The van der Waals surface area contributed by atoms with Gasteiger partial charge in [-0.2, -0.15) is 0 Å². The van der Waals surface area contributed by atoms with E-state index in [0.717, 1.165) is 11.1 Å². The van der Waals surface area contributed by atoms with Gasteiger partial charge in [0.05, 0.1) is 6.04 Å². The van der Waals surface area contributed by atoms with Crippen molar-refractivity contribution >= 4 is 5.91 Å². The highest BCUT2D eigenvalue weighted by Gasteiger charge is 2.23. The van der Waals surface area contributed by atoms with Crippen molar-refractivity contribution in [3.63, 3.8) is 0 Å². The molecule has 11 heavy (non-hydrogen) atoms. The van der Waals surface area contributed by atoms with E-state index >= 15 is 0 Å². The molecule has 55 valence electrons. The third kappa shape index (κ3) is 0.827. The lowest BCUT2D eigenvalue weighted by Crippen LogP contribution is -2.16. The number of carbonyl (C=O) groups is 1. The first-order valence-electron chi connectivity index (χ1n) is 3.52. The zero-order chi connectivity index (χ0) is 7.84. The van der Waals surface area contributed by atoms with E-state index in [1.54, 1.807) is 0 Å². The van der Waals surface area contributed by atoms with Crippen molar-refractivity contribution < 1.29 is 4.79 Å². The quantitative estimate of drug-likeness (QED) is 0.587. The Morgan fingerprint density at radius 1 is 1.36 bits per heavy atom. The minimum atomic E-state index is -0.0706. The molecule has 0 saturated heterocycles. The van der Waals surface area contributed by atoms with Crippen LogP contribution in [0.5, 0.6) is 0 Å². The topological polar surface area (TPSA) is 29.1 Å². The first-order chi connectivity index (χ1) is 5.29. The Hall–Kier alpha value is -1.31. The number of fused-ring (bicyclic) bond motifs is 1. The summed E-state index contributed by atoms with van der Waals surface area (Å²) >= 11 is 0. The molecule has 0 aromatic heterocycles. The fourth-order valence-electron chi connectivity index (χ4n) is 1.32.